The molecule has 0 spiro atoms. The Hall–Kier alpha value is -1.10. The molecular formula is C12H21NO2Si. The summed E-state index contributed by atoms with van der Waals surface area (Å²) in [5, 5.41) is 0. The third-order valence-electron chi connectivity index (χ3n) is 1.97. The molecule has 0 aliphatic heterocycles. The van der Waals surface area contributed by atoms with Gasteiger partial charge in [-0.05, 0) is 27.1 Å². The van der Waals surface area contributed by atoms with Crippen LogP contribution in [0.25, 0.3) is 0 Å². The van der Waals surface area contributed by atoms with Gasteiger partial charge in [0.05, 0.1) is 12.2 Å². The summed E-state index contributed by atoms with van der Waals surface area (Å²) >= 11 is 0. The third kappa shape index (κ3) is 7.22. The highest BCUT2D eigenvalue weighted by Crippen LogP contribution is 2.15. The predicted molar refractivity (Wildman–Crippen MR) is 68.7 cm³/mol. The van der Waals surface area contributed by atoms with Gasteiger partial charge in [-0.3, -0.25) is 0 Å². The maximum atomic E-state index is 5.50. The lowest BCUT2D eigenvalue weighted by molar-refractivity contribution is 0.333. The Balaban J connectivity index is 4.24. The number of rotatable bonds is 6. The molecule has 0 aliphatic carbocycles. The normalized spacial score (nSPS) is 9.88. The molecule has 0 aromatic rings. The van der Waals surface area contributed by atoms with Gasteiger partial charge < -0.3 is 13.8 Å². The van der Waals surface area contributed by atoms with Crippen LogP contribution in [0.4, 0.5) is 0 Å². The minimum atomic E-state index is -2.23. The summed E-state index contributed by atoms with van der Waals surface area (Å²) in [5.41, 5.74) is 0. The highest BCUT2D eigenvalue weighted by atomic mass is 28.4. The zero-order valence-corrected chi connectivity index (χ0v) is 11.9. The summed E-state index contributed by atoms with van der Waals surface area (Å²) in [5.74, 6) is 5.45. The van der Waals surface area contributed by atoms with E-state index in [1.54, 1.807) is 13.8 Å². The van der Waals surface area contributed by atoms with Gasteiger partial charge in [0.1, 0.15) is 0 Å². The van der Waals surface area contributed by atoms with E-state index in [0.717, 1.165) is 19.0 Å². The van der Waals surface area contributed by atoms with Crippen molar-refractivity contribution in [1.29, 1.82) is 0 Å². The topological polar surface area (TPSA) is 21.7 Å². The lowest BCUT2D eigenvalue weighted by atomic mass is 10.5. The van der Waals surface area contributed by atoms with Gasteiger partial charge in [0.2, 0.25) is 0 Å². The van der Waals surface area contributed by atoms with E-state index in [-0.39, 0.29) is 0 Å². The Morgan fingerprint density at radius 2 is 1.56 bits per heavy atom. The molecule has 0 bridgehead atoms. The van der Waals surface area contributed by atoms with Crippen molar-refractivity contribution in [2.75, 3.05) is 20.6 Å². The first-order valence-electron chi connectivity index (χ1n) is 5.38. The summed E-state index contributed by atoms with van der Waals surface area (Å²) in [7, 11) is 1.88. The quantitative estimate of drug-likeness (QED) is 0.523. The molecular weight excluding hydrogens is 218 g/mol. The van der Waals surface area contributed by atoms with Crippen LogP contribution in [0, 0.1) is 24.1 Å². The van der Waals surface area contributed by atoms with Crippen molar-refractivity contribution < 1.29 is 8.85 Å². The number of hydrogen-bond donors (Lipinski definition) is 0. The van der Waals surface area contributed by atoms with Crippen LogP contribution >= 0.6 is 0 Å². The standard InChI is InChI=1S/C12H21NO2Si/c1-6-10-14-16(5,15-11-7-2)12-8-9-13(3)4/h8-9,12H2,1-5H3. The second kappa shape index (κ2) is 8.10. The molecule has 0 heterocycles. The van der Waals surface area contributed by atoms with E-state index in [4.69, 9.17) is 8.85 Å². The van der Waals surface area contributed by atoms with E-state index >= 15 is 0 Å². The van der Waals surface area contributed by atoms with Crippen LogP contribution in [0.15, 0.2) is 0 Å². The summed E-state index contributed by atoms with van der Waals surface area (Å²) < 4.78 is 11.0. The second-order valence-electron chi connectivity index (χ2n) is 3.95. The lowest BCUT2D eigenvalue weighted by Crippen LogP contribution is -2.36. The average Bonchev–Trinajstić information content (AvgIpc) is 2.23. The SMILES string of the molecule is CC#CO[Si](C)(CCCN(C)C)OC#CC. The molecule has 0 atom stereocenters. The predicted octanol–water partition coefficient (Wildman–Crippen LogP) is 2.00. The van der Waals surface area contributed by atoms with Crippen molar-refractivity contribution in [3.05, 3.63) is 0 Å². The van der Waals surface area contributed by atoms with Crippen LogP contribution in [-0.4, -0.2) is 34.1 Å². The van der Waals surface area contributed by atoms with Crippen molar-refractivity contribution in [2.24, 2.45) is 0 Å². The first-order valence-corrected chi connectivity index (χ1v) is 7.90. The van der Waals surface area contributed by atoms with Gasteiger partial charge in [-0.25, -0.2) is 0 Å². The molecule has 0 aromatic carbocycles. The fourth-order valence-electron chi connectivity index (χ4n) is 1.16. The zero-order chi connectivity index (χ0) is 12.4. The van der Waals surface area contributed by atoms with Crippen LogP contribution < -0.4 is 0 Å². The van der Waals surface area contributed by atoms with E-state index in [2.05, 4.69) is 43.0 Å². The Morgan fingerprint density at radius 1 is 1.06 bits per heavy atom. The molecule has 0 saturated heterocycles. The molecule has 0 rings (SSSR count). The van der Waals surface area contributed by atoms with Crippen molar-refractivity contribution in [2.45, 2.75) is 32.9 Å². The lowest BCUT2D eigenvalue weighted by Gasteiger charge is -2.21. The minimum absolute atomic E-state index is 0.897. The van der Waals surface area contributed by atoms with Crippen LogP contribution in [0.5, 0.6) is 0 Å². The summed E-state index contributed by atoms with van der Waals surface area (Å²) in [6.07, 6.45) is 6.32. The van der Waals surface area contributed by atoms with Gasteiger partial charge >= 0.3 is 8.56 Å². The highest BCUT2D eigenvalue weighted by molar-refractivity contribution is 6.66. The van der Waals surface area contributed by atoms with Crippen LogP contribution in [-0.2, 0) is 8.85 Å². The molecule has 0 saturated carbocycles. The Bertz CT molecular complexity index is 284. The first kappa shape index (κ1) is 14.9. The molecule has 0 unspecified atom stereocenters. The molecule has 3 nitrogen and oxygen atoms in total. The summed E-state index contributed by atoms with van der Waals surface area (Å²) in [6, 6.07) is 0.897. The highest BCUT2D eigenvalue weighted by Gasteiger charge is 2.34. The van der Waals surface area contributed by atoms with Gasteiger partial charge in [-0.15, -0.1) is 0 Å². The van der Waals surface area contributed by atoms with Crippen molar-refractivity contribution in [1.82, 2.24) is 4.90 Å². The monoisotopic (exact) mass is 239 g/mol. The van der Waals surface area contributed by atoms with Gasteiger partial charge in [0, 0.05) is 26.4 Å². The number of nitrogens with zero attached hydrogens (tertiary/aromatic N) is 1. The third-order valence-corrected chi connectivity index (χ3v) is 4.30. The maximum Gasteiger partial charge on any atom is 0.474 e. The molecule has 0 radical (unpaired) electrons. The average molecular weight is 239 g/mol. The maximum absolute atomic E-state index is 5.50. The van der Waals surface area contributed by atoms with E-state index < -0.39 is 8.56 Å². The van der Waals surface area contributed by atoms with Crippen molar-refractivity contribution in [3.8, 4) is 24.1 Å². The van der Waals surface area contributed by atoms with Gasteiger partial charge in [0.25, 0.3) is 0 Å². The zero-order valence-electron chi connectivity index (χ0n) is 10.9. The largest absolute Gasteiger partial charge is 0.474 e. The molecule has 0 amide bonds. The minimum Gasteiger partial charge on any atom is -0.462 e. The molecule has 0 fully saturated rings. The van der Waals surface area contributed by atoms with Crippen molar-refractivity contribution in [3.63, 3.8) is 0 Å². The van der Waals surface area contributed by atoms with Gasteiger partial charge in [0.15, 0.2) is 0 Å². The van der Waals surface area contributed by atoms with Crippen molar-refractivity contribution >= 4 is 8.56 Å². The fourth-order valence-corrected chi connectivity index (χ4v) is 2.84. The Morgan fingerprint density at radius 3 is 1.94 bits per heavy atom. The molecule has 0 aromatic heterocycles. The van der Waals surface area contributed by atoms with E-state index in [9.17, 15) is 0 Å². The van der Waals surface area contributed by atoms with Crippen LogP contribution in [0.2, 0.25) is 12.6 Å². The molecule has 90 valence electrons. The van der Waals surface area contributed by atoms with E-state index in [0.29, 0.717) is 0 Å². The Labute approximate surface area is 100 Å². The van der Waals surface area contributed by atoms with Gasteiger partial charge in [-0.1, -0.05) is 11.8 Å². The first-order chi connectivity index (χ1) is 7.54. The Kier molecular flexibility index (Phi) is 7.54. The smallest absolute Gasteiger partial charge is 0.462 e. The fraction of sp³-hybridized carbons (Fsp3) is 0.667. The van der Waals surface area contributed by atoms with Crippen LogP contribution in [0.3, 0.4) is 0 Å². The second-order valence-corrected chi connectivity index (χ2v) is 7.12. The molecule has 0 aliphatic rings. The molecule has 0 N–H and O–H groups in total. The summed E-state index contributed by atoms with van der Waals surface area (Å²) in [6.45, 7) is 6.52. The van der Waals surface area contributed by atoms with E-state index in [1.807, 2.05) is 6.55 Å². The number of hydrogen-bond acceptors (Lipinski definition) is 3. The molecule has 16 heavy (non-hydrogen) atoms. The van der Waals surface area contributed by atoms with Gasteiger partial charge in [-0.2, -0.15) is 0 Å². The molecule has 4 heteroatoms. The van der Waals surface area contributed by atoms with Crippen LogP contribution in [0.1, 0.15) is 20.3 Å². The summed E-state index contributed by atoms with van der Waals surface area (Å²) in [4.78, 5) is 2.14. The van der Waals surface area contributed by atoms with E-state index in [1.165, 1.54) is 0 Å².